The monoisotopic (exact) mass is 878 g/mol. The van der Waals surface area contributed by atoms with E-state index in [2.05, 4.69) is 209 Å². The molecule has 57 heavy (non-hydrogen) atoms. The van der Waals surface area contributed by atoms with Gasteiger partial charge in [-0.1, -0.05) is 0 Å². The van der Waals surface area contributed by atoms with Crippen molar-refractivity contribution in [3.8, 4) is 11.1 Å². The van der Waals surface area contributed by atoms with E-state index in [0.717, 1.165) is 6.42 Å². The molecule has 2 aliphatic carbocycles. The Hall–Kier alpha value is -2.31. The van der Waals surface area contributed by atoms with Crippen LogP contribution < -0.4 is 24.8 Å². The maximum atomic E-state index is 2.67. The van der Waals surface area contributed by atoms with E-state index in [1.165, 1.54) is 44.5 Å². The minimum atomic E-state index is -3.09. The number of hydrogen-bond donors (Lipinski definition) is 0. The Morgan fingerprint density at radius 3 is 1.16 bits per heavy atom. The summed E-state index contributed by atoms with van der Waals surface area (Å²) in [6, 6.07) is 34.8. The Kier molecular flexibility index (Phi) is 13.8. The predicted octanol–water partition coefficient (Wildman–Crippen LogP) is 9.13. The molecule has 0 amide bonds. The largest absolute Gasteiger partial charge is 1.00 e. The molecule has 0 radical (unpaired) electrons. The van der Waals surface area contributed by atoms with E-state index >= 15 is 0 Å². The average molecular weight is 881 g/mol. The van der Waals surface area contributed by atoms with Crippen LogP contribution in [0.4, 0.5) is 0 Å². The molecule has 0 bridgehead atoms. The van der Waals surface area contributed by atoms with Crippen molar-refractivity contribution in [2.24, 2.45) is 11.3 Å². The summed E-state index contributed by atoms with van der Waals surface area (Å²) >= 11 is -3.09. The van der Waals surface area contributed by atoms with Crippen molar-refractivity contribution >= 4 is 3.21 Å². The van der Waals surface area contributed by atoms with Crippen molar-refractivity contribution in [3.05, 3.63) is 150 Å². The average Bonchev–Trinajstić information content (AvgIpc) is 3.59. The van der Waals surface area contributed by atoms with Crippen molar-refractivity contribution in [2.45, 2.75) is 149 Å². The fourth-order valence-electron chi connectivity index (χ4n) is 9.04. The van der Waals surface area contributed by atoms with Crippen molar-refractivity contribution < 1.29 is 46.1 Å². The third kappa shape index (κ3) is 9.38. The Balaban J connectivity index is 0.00000360. The molecule has 0 saturated carbocycles. The molecule has 0 aliphatic heterocycles. The number of halogens is 2. The number of allylic oxidation sites excluding steroid dienone is 4. The van der Waals surface area contributed by atoms with Gasteiger partial charge in [0.15, 0.2) is 0 Å². The first kappa shape index (κ1) is 47.4. The molecular weight excluding hydrogens is 811 g/mol. The summed E-state index contributed by atoms with van der Waals surface area (Å²) in [5.41, 5.74) is 18.1. The van der Waals surface area contributed by atoms with Crippen LogP contribution in [0.2, 0.25) is 0 Å². The topological polar surface area (TPSA) is 0 Å². The SMILES string of the molecule is CCC1=[C]([Zr+2](=[C](c2ccc(C(C)(C)C)cc2)c2ccc(C(C)(C)C)cc2)[CH]2c3cc(C(C)(C)C)ccc3-c3ccc(C(C)(C)C)cc32)C(C)C=C1C(C)(C)C.[Cl-].[Cl-]. The molecule has 0 aromatic heterocycles. The van der Waals surface area contributed by atoms with Crippen molar-refractivity contribution in [1.82, 2.24) is 0 Å². The van der Waals surface area contributed by atoms with Crippen LogP contribution in [0.5, 0.6) is 0 Å². The zero-order chi connectivity index (χ0) is 40.6. The summed E-state index contributed by atoms with van der Waals surface area (Å²) in [5.74, 6) is 0.403. The summed E-state index contributed by atoms with van der Waals surface area (Å²) in [6.45, 7) is 40.5. The maximum absolute atomic E-state index is 3.09. The molecular formula is C54H70Cl2Zr. The van der Waals surface area contributed by atoms with Crippen LogP contribution in [0.1, 0.15) is 172 Å². The molecule has 4 aromatic carbocycles. The first-order valence-electron chi connectivity index (χ1n) is 21.0. The van der Waals surface area contributed by atoms with E-state index in [1.54, 1.807) is 28.8 Å². The zero-order valence-electron chi connectivity index (χ0n) is 38.3. The van der Waals surface area contributed by atoms with Gasteiger partial charge in [-0.15, -0.1) is 0 Å². The van der Waals surface area contributed by atoms with Crippen LogP contribution in [0, 0.1) is 11.3 Å². The van der Waals surface area contributed by atoms with Gasteiger partial charge in [0, 0.05) is 0 Å². The van der Waals surface area contributed by atoms with Crippen LogP contribution in [0.25, 0.3) is 11.1 Å². The molecule has 0 saturated heterocycles. The van der Waals surface area contributed by atoms with Gasteiger partial charge in [-0.25, -0.2) is 0 Å². The van der Waals surface area contributed by atoms with Gasteiger partial charge in [0.05, 0.1) is 0 Å². The van der Waals surface area contributed by atoms with Gasteiger partial charge in [0.2, 0.25) is 0 Å². The van der Waals surface area contributed by atoms with Crippen LogP contribution in [-0.2, 0) is 42.9 Å². The minimum absolute atomic E-state index is 0. The van der Waals surface area contributed by atoms with Crippen LogP contribution >= 0.6 is 0 Å². The van der Waals surface area contributed by atoms with Gasteiger partial charge in [-0.2, -0.15) is 0 Å². The number of hydrogen-bond acceptors (Lipinski definition) is 0. The van der Waals surface area contributed by atoms with E-state index in [0.29, 0.717) is 9.54 Å². The van der Waals surface area contributed by atoms with Crippen molar-refractivity contribution in [3.63, 3.8) is 0 Å². The Bertz CT molecular complexity index is 2070. The van der Waals surface area contributed by atoms with Gasteiger partial charge in [-0.05, 0) is 0 Å². The molecule has 0 spiro atoms. The van der Waals surface area contributed by atoms with Gasteiger partial charge in [0.1, 0.15) is 0 Å². The van der Waals surface area contributed by atoms with Gasteiger partial charge in [-0.3, -0.25) is 0 Å². The number of benzene rings is 4. The Morgan fingerprint density at radius 1 is 0.491 bits per heavy atom. The molecule has 1 atom stereocenters. The Labute approximate surface area is 368 Å². The van der Waals surface area contributed by atoms with E-state index in [4.69, 9.17) is 0 Å². The van der Waals surface area contributed by atoms with Crippen molar-refractivity contribution in [1.29, 1.82) is 0 Å². The molecule has 1 unspecified atom stereocenters. The first-order chi connectivity index (χ1) is 25.3. The minimum Gasteiger partial charge on any atom is -1.00 e. The van der Waals surface area contributed by atoms with Crippen molar-refractivity contribution in [2.75, 3.05) is 0 Å². The molecule has 0 N–H and O–H groups in total. The second-order valence-electron chi connectivity index (χ2n) is 21.8. The number of fused-ring (bicyclic) bond motifs is 3. The third-order valence-corrected chi connectivity index (χ3v) is 21.3. The van der Waals surface area contributed by atoms with E-state index in [-0.39, 0.29) is 51.9 Å². The molecule has 2 aliphatic rings. The first-order valence-corrected chi connectivity index (χ1v) is 24.9. The fourth-order valence-corrected chi connectivity index (χ4v) is 19.2. The molecule has 6 rings (SSSR count). The molecule has 0 nitrogen and oxygen atoms in total. The fraction of sp³-hybridized carbons (Fsp3) is 0.463. The van der Waals surface area contributed by atoms with E-state index in [9.17, 15) is 0 Å². The quantitative estimate of drug-likeness (QED) is 0.188. The standard InChI is InChI=1S/C21H25.C21H26.C12H19.2ClH.Zr/c1-20(2,3)16-7-9-18-14(12-16)11-15-13-17(21(4,5)6)8-10-19(15)18;1-20(2,3)18-11-7-16(8-12-18)15-17-9-13-19(14-10-17)21(4,5)6;1-6-10-7-9(2)8-11(10)12(3,4)5;;;/h7-13H,1-6H3;7-14H,1-6H3;8-9H,6H2,1-5H3;2*1H;/q;;;;;+2/p-2. The van der Waals surface area contributed by atoms with E-state index < -0.39 is 21.3 Å². The van der Waals surface area contributed by atoms with E-state index in [1.807, 2.05) is 0 Å². The molecule has 304 valence electrons. The summed E-state index contributed by atoms with van der Waals surface area (Å²) in [5, 5.41) is 0. The van der Waals surface area contributed by atoms with Crippen LogP contribution in [0.3, 0.4) is 0 Å². The Morgan fingerprint density at radius 2 is 0.842 bits per heavy atom. The van der Waals surface area contributed by atoms with Crippen LogP contribution in [-0.4, -0.2) is 3.21 Å². The second kappa shape index (κ2) is 16.6. The summed E-state index contributed by atoms with van der Waals surface area (Å²) < 4.78 is 3.80. The summed E-state index contributed by atoms with van der Waals surface area (Å²) in [7, 11) is 0. The zero-order valence-corrected chi connectivity index (χ0v) is 42.2. The maximum Gasteiger partial charge on any atom is -1.00 e. The smallest absolute Gasteiger partial charge is 1.00 e. The normalized spacial score (nSPS) is 15.9. The predicted molar refractivity (Wildman–Crippen MR) is 239 cm³/mol. The van der Waals surface area contributed by atoms with Gasteiger partial charge in [0.25, 0.3) is 0 Å². The third-order valence-electron chi connectivity index (χ3n) is 12.4. The second-order valence-corrected chi connectivity index (χ2v) is 27.9. The number of rotatable bonds is 5. The molecule has 0 fully saturated rings. The summed E-state index contributed by atoms with van der Waals surface area (Å²) in [4.78, 5) is 0. The molecule has 3 heteroatoms. The summed E-state index contributed by atoms with van der Waals surface area (Å²) in [6.07, 6.45) is 3.74. The van der Waals surface area contributed by atoms with Gasteiger partial charge < -0.3 is 24.8 Å². The molecule has 4 aromatic rings. The van der Waals surface area contributed by atoms with Gasteiger partial charge >= 0.3 is 346 Å². The van der Waals surface area contributed by atoms with Crippen LogP contribution in [0.15, 0.2) is 105 Å². The molecule has 0 heterocycles.